The molecular weight excluding hydrogens is 330 g/mol. The van der Waals surface area contributed by atoms with E-state index < -0.39 is 0 Å². The largest absolute Gasteiger partial charge is 0.497 e. The third-order valence-electron chi connectivity index (χ3n) is 4.10. The number of carbonyl (C=O) groups excluding carboxylic acids is 1. The van der Waals surface area contributed by atoms with Gasteiger partial charge in [0.15, 0.2) is 0 Å². The number of nitrogens with one attached hydrogen (secondary N) is 1. The van der Waals surface area contributed by atoms with Crippen molar-refractivity contribution in [3.8, 4) is 5.75 Å². The van der Waals surface area contributed by atoms with Crippen molar-refractivity contribution in [2.75, 3.05) is 13.7 Å². The van der Waals surface area contributed by atoms with Gasteiger partial charge < -0.3 is 10.1 Å². The van der Waals surface area contributed by atoms with E-state index in [1.807, 2.05) is 31.2 Å². The quantitative estimate of drug-likeness (QED) is 0.699. The van der Waals surface area contributed by atoms with E-state index in [2.05, 4.69) is 43.4 Å². The van der Waals surface area contributed by atoms with E-state index in [1.165, 1.54) is 11.1 Å². The van der Waals surface area contributed by atoms with Crippen LogP contribution in [0.5, 0.6) is 5.75 Å². The summed E-state index contributed by atoms with van der Waals surface area (Å²) in [5, 5.41) is 2.90. The molecule has 1 amide bonds. The molecule has 0 saturated carbocycles. The van der Waals surface area contributed by atoms with Crippen LogP contribution in [0, 0.1) is 0 Å². The summed E-state index contributed by atoms with van der Waals surface area (Å²) in [6.45, 7) is 6.98. The van der Waals surface area contributed by atoms with Crippen LogP contribution in [0.2, 0.25) is 0 Å². The van der Waals surface area contributed by atoms with Gasteiger partial charge in [-0.25, -0.2) is 0 Å². The van der Waals surface area contributed by atoms with E-state index in [0.717, 1.165) is 17.1 Å². The van der Waals surface area contributed by atoms with E-state index in [9.17, 15) is 4.79 Å². The highest BCUT2D eigenvalue weighted by Gasteiger charge is 2.13. The SMILES string of the molecule is COc1ccc(SC(C)C(=O)NCCc2ccc(C(C)C)cc2)cc1. The average molecular weight is 358 g/mol. The number of ether oxygens (including phenoxy) is 1. The molecule has 0 aromatic heterocycles. The number of rotatable bonds is 8. The number of carbonyl (C=O) groups is 1. The van der Waals surface area contributed by atoms with Gasteiger partial charge in [-0.2, -0.15) is 0 Å². The van der Waals surface area contributed by atoms with Gasteiger partial charge in [-0.15, -0.1) is 11.8 Å². The van der Waals surface area contributed by atoms with Crippen molar-refractivity contribution in [1.82, 2.24) is 5.32 Å². The lowest BCUT2D eigenvalue weighted by Crippen LogP contribution is -2.32. The molecule has 2 aromatic carbocycles. The van der Waals surface area contributed by atoms with Crippen LogP contribution >= 0.6 is 11.8 Å². The van der Waals surface area contributed by atoms with E-state index in [4.69, 9.17) is 4.74 Å². The minimum absolute atomic E-state index is 0.0691. The summed E-state index contributed by atoms with van der Waals surface area (Å²) in [5.74, 6) is 1.44. The molecule has 4 heteroatoms. The average Bonchev–Trinajstić information content (AvgIpc) is 2.62. The number of amides is 1. The molecule has 0 spiro atoms. The molecule has 3 nitrogen and oxygen atoms in total. The predicted octanol–water partition coefficient (Wildman–Crippen LogP) is 4.66. The van der Waals surface area contributed by atoms with Crippen LogP contribution in [-0.4, -0.2) is 24.8 Å². The van der Waals surface area contributed by atoms with Gasteiger partial charge in [-0.1, -0.05) is 38.1 Å². The first-order chi connectivity index (χ1) is 12.0. The van der Waals surface area contributed by atoms with Gasteiger partial charge in [0.2, 0.25) is 5.91 Å². The van der Waals surface area contributed by atoms with E-state index in [-0.39, 0.29) is 11.2 Å². The molecule has 0 aliphatic rings. The molecule has 0 radical (unpaired) electrons. The Hall–Kier alpha value is -1.94. The molecule has 1 N–H and O–H groups in total. The molecule has 0 bridgehead atoms. The molecule has 0 aliphatic heterocycles. The molecule has 1 unspecified atom stereocenters. The summed E-state index contributed by atoms with van der Waals surface area (Å²) in [7, 11) is 1.65. The maximum atomic E-state index is 12.2. The topological polar surface area (TPSA) is 38.3 Å². The monoisotopic (exact) mass is 357 g/mol. The highest BCUT2D eigenvalue weighted by Crippen LogP contribution is 2.25. The number of benzene rings is 2. The van der Waals surface area contributed by atoms with Gasteiger partial charge in [-0.05, 0) is 54.7 Å². The lowest BCUT2D eigenvalue weighted by Gasteiger charge is -2.12. The third-order valence-corrected chi connectivity index (χ3v) is 5.21. The maximum Gasteiger partial charge on any atom is 0.233 e. The summed E-state index contributed by atoms with van der Waals surface area (Å²) in [6.07, 6.45) is 0.851. The van der Waals surface area contributed by atoms with Crippen LogP contribution in [0.15, 0.2) is 53.4 Å². The normalized spacial score (nSPS) is 12.0. The van der Waals surface area contributed by atoms with Gasteiger partial charge in [0, 0.05) is 11.4 Å². The molecule has 1 atom stereocenters. The molecule has 25 heavy (non-hydrogen) atoms. The number of thioether (sulfide) groups is 1. The highest BCUT2D eigenvalue weighted by atomic mass is 32.2. The van der Waals surface area contributed by atoms with Gasteiger partial charge in [0.1, 0.15) is 5.75 Å². The Morgan fingerprint density at radius 2 is 1.68 bits per heavy atom. The Morgan fingerprint density at radius 1 is 1.04 bits per heavy atom. The second-order valence-corrected chi connectivity index (χ2v) is 7.79. The van der Waals surface area contributed by atoms with Crippen molar-refractivity contribution in [2.24, 2.45) is 0 Å². The molecule has 134 valence electrons. The Kier molecular flexibility index (Phi) is 7.38. The number of hydrogen-bond acceptors (Lipinski definition) is 3. The Bertz CT molecular complexity index is 665. The van der Waals surface area contributed by atoms with Crippen LogP contribution in [0.25, 0.3) is 0 Å². The minimum Gasteiger partial charge on any atom is -0.497 e. The smallest absolute Gasteiger partial charge is 0.233 e. The zero-order valence-electron chi connectivity index (χ0n) is 15.4. The molecule has 0 heterocycles. The lowest BCUT2D eigenvalue weighted by atomic mass is 10.0. The van der Waals surface area contributed by atoms with Crippen molar-refractivity contribution < 1.29 is 9.53 Å². The van der Waals surface area contributed by atoms with Crippen LogP contribution < -0.4 is 10.1 Å². The predicted molar refractivity (Wildman–Crippen MR) is 106 cm³/mol. The molecule has 0 saturated heterocycles. The van der Waals surface area contributed by atoms with Crippen LogP contribution in [0.4, 0.5) is 0 Å². The van der Waals surface area contributed by atoms with E-state index in [1.54, 1.807) is 18.9 Å². The van der Waals surface area contributed by atoms with Gasteiger partial charge in [0.05, 0.1) is 12.4 Å². The summed E-state index contributed by atoms with van der Waals surface area (Å²) in [6, 6.07) is 16.4. The summed E-state index contributed by atoms with van der Waals surface area (Å²) >= 11 is 1.55. The summed E-state index contributed by atoms with van der Waals surface area (Å²) in [4.78, 5) is 13.3. The number of hydrogen-bond donors (Lipinski definition) is 1. The molecular formula is C21H27NO2S. The molecule has 0 aliphatic carbocycles. The Morgan fingerprint density at radius 3 is 2.24 bits per heavy atom. The zero-order valence-corrected chi connectivity index (χ0v) is 16.2. The molecule has 2 aromatic rings. The van der Waals surface area contributed by atoms with Gasteiger partial charge in [-0.3, -0.25) is 4.79 Å². The summed E-state index contributed by atoms with van der Waals surface area (Å²) in [5.41, 5.74) is 2.59. The fourth-order valence-corrected chi connectivity index (χ4v) is 3.35. The zero-order chi connectivity index (χ0) is 18.2. The number of methoxy groups -OCH3 is 1. The standard InChI is InChI=1S/C21H27NO2S/c1-15(2)18-7-5-17(6-8-18)13-14-22-21(23)16(3)25-20-11-9-19(24-4)10-12-20/h5-12,15-16H,13-14H2,1-4H3,(H,22,23). The lowest BCUT2D eigenvalue weighted by molar-refractivity contribution is -0.120. The van der Waals surface area contributed by atoms with Crippen molar-refractivity contribution in [3.05, 3.63) is 59.7 Å². The molecule has 0 fully saturated rings. The first kappa shape index (κ1) is 19.4. The fraction of sp³-hybridized carbons (Fsp3) is 0.381. The summed E-state index contributed by atoms with van der Waals surface area (Å²) < 4.78 is 5.15. The Labute approximate surface area is 155 Å². The Balaban J connectivity index is 1.76. The van der Waals surface area contributed by atoms with Crippen molar-refractivity contribution >= 4 is 17.7 Å². The first-order valence-corrected chi connectivity index (χ1v) is 9.55. The molecule has 2 rings (SSSR count). The minimum atomic E-state index is -0.128. The van der Waals surface area contributed by atoms with Crippen molar-refractivity contribution in [3.63, 3.8) is 0 Å². The van der Waals surface area contributed by atoms with Crippen LogP contribution in [-0.2, 0) is 11.2 Å². The highest BCUT2D eigenvalue weighted by molar-refractivity contribution is 8.00. The first-order valence-electron chi connectivity index (χ1n) is 8.67. The van der Waals surface area contributed by atoms with Gasteiger partial charge >= 0.3 is 0 Å². The van der Waals surface area contributed by atoms with Crippen LogP contribution in [0.3, 0.4) is 0 Å². The third kappa shape index (κ3) is 6.13. The second-order valence-electron chi connectivity index (χ2n) is 6.37. The van der Waals surface area contributed by atoms with Crippen molar-refractivity contribution in [1.29, 1.82) is 0 Å². The van der Waals surface area contributed by atoms with Gasteiger partial charge in [0.25, 0.3) is 0 Å². The second kappa shape index (κ2) is 9.52. The van der Waals surface area contributed by atoms with E-state index >= 15 is 0 Å². The fourth-order valence-electron chi connectivity index (χ4n) is 2.45. The maximum absolute atomic E-state index is 12.2. The van der Waals surface area contributed by atoms with Crippen molar-refractivity contribution in [2.45, 2.75) is 43.3 Å². The van der Waals surface area contributed by atoms with E-state index in [0.29, 0.717) is 12.5 Å². The van der Waals surface area contributed by atoms with Crippen LogP contribution in [0.1, 0.15) is 37.8 Å².